The Hall–Kier alpha value is -2.96. The molecule has 3 rings (SSSR count). The number of nitrogens with one attached hydrogen (secondary N) is 1. The molecule has 0 spiro atoms. The van der Waals surface area contributed by atoms with Crippen molar-refractivity contribution in [1.82, 2.24) is 19.7 Å². The van der Waals surface area contributed by atoms with Crippen molar-refractivity contribution in [2.24, 2.45) is 0 Å². The zero-order chi connectivity index (χ0) is 18.8. The average Bonchev–Trinajstić information content (AvgIpc) is 2.96. The van der Waals surface area contributed by atoms with Crippen molar-refractivity contribution < 1.29 is 9.53 Å². The highest BCUT2D eigenvalue weighted by atomic mass is 16.5. The molecule has 0 unspecified atom stereocenters. The lowest BCUT2D eigenvalue weighted by molar-refractivity contribution is 0.101. The first-order valence-electron chi connectivity index (χ1n) is 8.71. The van der Waals surface area contributed by atoms with Crippen molar-refractivity contribution in [3.05, 3.63) is 39.8 Å². The molecule has 1 N–H and O–H groups in total. The normalized spacial score (nSPS) is 11.1. The van der Waals surface area contributed by atoms with Crippen LogP contribution in [0.3, 0.4) is 0 Å². The first kappa shape index (κ1) is 17.8. The minimum atomic E-state index is -0.253. The van der Waals surface area contributed by atoms with Crippen molar-refractivity contribution >= 4 is 16.8 Å². The van der Waals surface area contributed by atoms with Crippen molar-refractivity contribution in [2.75, 3.05) is 6.61 Å². The maximum absolute atomic E-state index is 12.6. The van der Waals surface area contributed by atoms with E-state index in [9.17, 15) is 9.59 Å². The Labute approximate surface area is 151 Å². The molecular weight excluding hydrogens is 332 g/mol. The van der Waals surface area contributed by atoms with Gasteiger partial charge in [-0.25, -0.2) is 9.67 Å². The van der Waals surface area contributed by atoms with Crippen LogP contribution in [0, 0.1) is 6.92 Å². The molecule has 0 amide bonds. The van der Waals surface area contributed by atoms with Crippen molar-refractivity contribution in [1.29, 1.82) is 0 Å². The van der Waals surface area contributed by atoms with E-state index in [1.807, 2.05) is 13.8 Å². The van der Waals surface area contributed by atoms with Gasteiger partial charge in [0.15, 0.2) is 11.4 Å². The molecule has 3 aromatic rings. The molecule has 0 aliphatic rings. The van der Waals surface area contributed by atoms with Gasteiger partial charge in [-0.15, -0.1) is 0 Å². The van der Waals surface area contributed by atoms with Gasteiger partial charge in [0.25, 0.3) is 5.56 Å². The lowest BCUT2D eigenvalue weighted by Crippen LogP contribution is -2.11. The number of carbonyl (C=O) groups excluding carboxylic acids is 1. The van der Waals surface area contributed by atoms with Crippen molar-refractivity contribution in [3.8, 4) is 17.1 Å². The maximum Gasteiger partial charge on any atom is 0.262 e. The average molecular weight is 354 g/mol. The fraction of sp³-hybridized carbons (Fsp3) is 0.368. The molecule has 7 heteroatoms. The number of H-pyrrole nitrogens is 1. The SMILES string of the molecule is CCCOc1ccc(C(C)=O)cc1-c1nc2c(c(C)nn2CC)c(=O)[nH]1. The zero-order valence-electron chi connectivity index (χ0n) is 15.4. The molecule has 0 aliphatic carbocycles. The van der Waals surface area contributed by atoms with Gasteiger partial charge >= 0.3 is 0 Å². The fourth-order valence-corrected chi connectivity index (χ4v) is 2.87. The van der Waals surface area contributed by atoms with E-state index < -0.39 is 0 Å². The van der Waals surface area contributed by atoms with Crippen LogP contribution in [-0.2, 0) is 6.54 Å². The van der Waals surface area contributed by atoms with Gasteiger partial charge in [-0.1, -0.05) is 6.92 Å². The molecule has 7 nitrogen and oxygen atoms in total. The molecule has 136 valence electrons. The van der Waals surface area contributed by atoms with Crippen LogP contribution in [0.5, 0.6) is 5.75 Å². The first-order chi connectivity index (χ1) is 12.5. The predicted molar refractivity (Wildman–Crippen MR) is 99.8 cm³/mol. The number of hydrogen-bond donors (Lipinski definition) is 1. The second-order valence-corrected chi connectivity index (χ2v) is 6.13. The van der Waals surface area contributed by atoms with Gasteiger partial charge in [-0.2, -0.15) is 5.10 Å². The van der Waals surface area contributed by atoms with Crippen LogP contribution in [0.4, 0.5) is 0 Å². The van der Waals surface area contributed by atoms with E-state index in [0.717, 1.165) is 6.42 Å². The maximum atomic E-state index is 12.6. The number of fused-ring (bicyclic) bond motifs is 1. The Bertz CT molecular complexity index is 1030. The molecule has 0 saturated carbocycles. The van der Waals surface area contributed by atoms with Crippen LogP contribution in [0.15, 0.2) is 23.0 Å². The molecule has 26 heavy (non-hydrogen) atoms. The number of ketones is 1. The summed E-state index contributed by atoms with van der Waals surface area (Å²) >= 11 is 0. The summed E-state index contributed by atoms with van der Waals surface area (Å²) in [5.74, 6) is 0.885. The minimum absolute atomic E-state index is 0.0637. The molecule has 0 bridgehead atoms. The third-order valence-corrected chi connectivity index (χ3v) is 4.18. The molecule has 0 radical (unpaired) electrons. The number of aryl methyl sites for hydroxylation is 2. The number of hydrogen-bond acceptors (Lipinski definition) is 5. The first-order valence-corrected chi connectivity index (χ1v) is 8.71. The fourth-order valence-electron chi connectivity index (χ4n) is 2.87. The monoisotopic (exact) mass is 354 g/mol. The summed E-state index contributed by atoms with van der Waals surface area (Å²) in [4.78, 5) is 31.8. The van der Waals surface area contributed by atoms with Gasteiger partial charge in [-0.05, 0) is 45.4 Å². The van der Waals surface area contributed by atoms with E-state index in [4.69, 9.17) is 4.74 Å². The summed E-state index contributed by atoms with van der Waals surface area (Å²) in [6.07, 6.45) is 0.846. The van der Waals surface area contributed by atoms with Crippen LogP contribution < -0.4 is 10.3 Å². The van der Waals surface area contributed by atoms with E-state index in [-0.39, 0.29) is 11.3 Å². The smallest absolute Gasteiger partial charge is 0.262 e. The second-order valence-electron chi connectivity index (χ2n) is 6.13. The van der Waals surface area contributed by atoms with E-state index >= 15 is 0 Å². The Morgan fingerprint density at radius 2 is 2.08 bits per heavy atom. The van der Waals surface area contributed by atoms with Gasteiger partial charge in [0.1, 0.15) is 17.0 Å². The summed E-state index contributed by atoms with van der Waals surface area (Å²) in [5, 5.41) is 4.85. The Morgan fingerprint density at radius 3 is 2.73 bits per heavy atom. The highest BCUT2D eigenvalue weighted by molar-refractivity contribution is 5.95. The Balaban J connectivity index is 2.26. The number of aromatic amines is 1. The molecule has 2 heterocycles. The van der Waals surface area contributed by atoms with Crippen LogP contribution >= 0.6 is 0 Å². The number of benzene rings is 1. The number of rotatable bonds is 6. The summed E-state index contributed by atoms with van der Waals surface area (Å²) in [6, 6.07) is 5.17. The van der Waals surface area contributed by atoms with E-state index in [1.54, 1.807) is 29.8 Å². The molecule has 1 aromatic carbocycles. The lowest BCUT2D eigenvalue weighted by atomic mass is 10.1. The lowest BCUT2D eigenvalue weighted by Gasteiger charge is -2.12. The molecule has 2 aromatic heterocycles. The highest BCUT2D eigenvalue weighted by Gasteiger charge is 2.17. The summed E-state index contributed by atoms with van der Waals surface area (Å²) in [5.41, 5.74) is 2.04. The largest absolute Gasteiger partial charge is 0.493 e. The van der Waals surface area contributed by atoms with Crippen LogP contribution in [0.1, 0.15) is 43.2 Å². The highest BCUT2D eigenvalue weighted by Crippen LogP contribution is 2.29. The number of Topliss-reactive ketones (excluding diaryl/α,β-unsaturated/α-hetero) is 1. The van der Waals surface area contributed by atoms with Gasteiger partial charge in [0.05, 0.1) is 17.9 Å². The third kappa shape index (κ3) is 3.12. The third-order valence-electron chi connectivity index (χ3n) is 4.18. The number of nitrogens with zero attached hydrogens (tertiary/aromatic N) is 3. The predicted octanol–water partition coefficient (Wildman–Crippen LogP) is 3.11. The number of ether oxygens (including phenoxy) is 1. The standard InChI is InChI=1S/C19H22N4O3/c1-5-9-26-15-8-7-13(12(4)24)10-14(15)17-20-18-16(19(25)21-17)11(3)22-23(18)6-2/h7-8,10H,5-6,9H2,1-4H3,(H,20,21,25). The van der Waals surface area contributed by atoms with Gasteiger partial charge < -0.3 is 9.72 Å². The minimum Gasteiger partial charge on any atom is -0.493 e. The number of aromatic nitrogens is 4. The van der Waals surface area contributed by atoms with E-state index in [2.05, 4.69) is 15.1 Å². The molecule has 0 saturated heterocycles. The van der Waals surface area contributed by atoms with E-state index in [1.165, 1.54) is 6.92 Å². The van der Waals surface area contributed by atoms with Gasteiger partial charge in [0.2, 0.25) is 0 Å². The molecule has 0 fully saturated rings. The van der Waals surface area contributed by atoms with Crippen LogP contribution in [0.25, 0.3) is 22.4 Å². The van der Waals surface area contributed by atoms with Crippen molar-refractivity contribution in [3.63, 3.8) is 0 Å². The number of carbonyl (C=O) groups is 1. The molecule has 0 atom stereocenters. The van der Waals surface area contributed by atoms with Crippen LogP contribution in [0.2, 0.25) is 0 Å². The molecular formula is C19H22N4O3. The second kappa shape index (κ2) is 7.11. The van der Waals surface area contributed by atoms with Gasteiger partial charge in [-0.3, -0.25) is 9.59 Å². The summed E-state index contributed by atoms with van der Waals surface area (Å²) in [7, 11) is 0. The van der Waals surface area contributed by atoms with Gasteiger partial charge in [0, 0.05) is 12.1 Å². The van der Waals surface area contributed by atoms with E-state index in [0.29, 0.717) is 52.6 Å². The topological polar surface area (TPSA) is 89.9 Å². The van der Waals surface area contributed by atoms with Crippen LogP contribution in [-0.4, -0.2) is 32.1 Å². The Kier molecular flexibility index (Phi) is 4.88. The summed E-state index contributed by atoms with van der Waals surface area (Å²) in [6.45, 7) is 8.38. The summed E-state index contributed by atoms with van der Waals surface area (Å²) < 4.78 is 7.49. The van der Waals surface area contributed by atoms with Crippen molar-refractivity contribution in [2.45, 2.75) is 40.7 Å². The quantitative estimate of drug-likeness (QED) is 0.687. The Morgan fingerprint density at radius 1 is 1.31 bits per heavy atom. The zero-order valence-corrected chi connectivity index (χ0v) is 15.4. The molecule has 0 aliphatic heterocycles.